The Balaban J connectivity index is 1.28. The highest BCUT2D eigenvalue weighted by atomic mass is 16.5. The summed E-state index contributed by atoms with van der Waals surface area (Å²) in [5, 5.41) is 28.0. The van der Waals surface area contributed by atoms with E-state index < -0.39 is 5.41 Å². The number of methoxy groups -OCH3 is 1. The number of ether oxygens (including phenoxy) is 1. The first-order chi connectivity index (χ1) is 17.9. The molecule has 1 unspecified atom stereocenters. The van der Waals surface area contributed by atoms with Gasteiger partial charge in [-0.15, -0.1) is 0 Å². The van der Waals surface area contributed by atoms with Gasteiger partial charge < -0.3 is 14.5 Å². The Kier molecular flexibility index (Phi) is 6.14. The zero-order chi connectivity index (χ0) is 26.2. The highest BCUT2D eigenvalue weighted by Crippen LogP contribution is 2.35. The van der Waals surface area contributed by atoms with Crippen LogP contribution < -0.4 is 4.74 Å². The van der Waals surface area contributed by atoms with Gasteiger partial charge in [0.05, 0.1) is 31.6 Å². The Morgan fingerprint density at radius 2 is 1.92 bits per heavy atom. The van der Waals surface area contributed by atoms with Gasteiger partial charge in [-0.1, -0.05) is 6.58 Å². The van der Waals surface area contributed by atoms with Crippen molar-refractivity contribution in [3.05, 3.63) is 49.1 Å². The number of carbonyl (C=O) groups is 2. The van der Waals surface area contributed by atoms with E-state index in [0.717, 1.165) is 11.1 Å². The van der Waals surface area contributed by atoms with Crippen molar-refractivity contribution in [3.8, 4) is 29.0 Å². The average molecular weight is 499 g/mol. The summed E-state index contributed by atoms with van der Waals surface area (Å²) in [5.74, 6) is 0.0936. The molecule has 0 spiro atoms. The van der Waals surface area contributed by atoms with Crippen LogP contribution in [0.25, 0.3) is 16.6 Å². The van der Waals surface area contributed by atoms with E-state index in [2.05, 4.69) is 28.9 Å². The number of pyridine rings is 1. The van der Waals surface area contributed by atoms with Crippen molar-refractivity contribution in [2.75, 3.05) is 33.3 Å². The first-order valence-electron chi connectivity index (χ1n) is 12.0. The monoisotopic (exact) mass is 498 g/mol. The average Bonchev–Trinajstić information content (AvgIpc) is 3.70. The summed E-state index contributed by atoms with van der Waals surface area (Å²) in [6.45, 7) is 5.01. The summed E-state index contributed by atoms with van der Waals surface area (Å²) in [6, 6.07) is 6.31. The van der Waals surface area contributed by atoms with Crippen molar-refractivity contribution < 1.29 is 14.3 Å². The lowest BCUT2D eigenvalue weighted by molar-refractivity contribution is -0.140. The summed E-state index contributed by atoms with van der Waals surface area (Å²) in [6.07, 6.45) is 10.1. The van der Waals surface area contributed by atoms with Crippen LogP contribution in [0.3, 0.4) is 0 Å². The Morgan fingerprint density at radius 1 is 1.14 bits per heavy atom. The minimum Gasteiger partial charge on any atom is -0.494 e. The molecule has 188 valence electrons. The normalized spacial score (nSPS) is 20.0. The summed E-state index contributed by atoms with van der Waals surface area (Å²) in [4.78, 5) is 28.5. The SMILES string of the molecule is C=CC(=O)N1CCC(C#N)(C(=O)N2CCC(n3cc(-c4cc(OC)c5c(C#N)cnn5c4)cn3)CC2)C1. The van der Waals surface area contributed by atoms with Gasteiger partial charge in [0, 0.05) is 49.7 Å². The van der Waals surface area contributed by atoms with Gasteiger partial charge in [-0.25, -0.2) is 4.52 Å². The number of nitriles is 2. The fourth-order valence-corrected chi connectivity index (χ4v) is 5.24. The van der Waals surface area contributed by atoms with Crippen LogP contribution in [0.4, 0.5) is 0 Å². The van der Waals surface area contributed by atoms with Crippen LogP contribution in [-0.4, -0.2) is 74.3 Å². The van der Waals surface area contributed by atoms with E-state index in [1.807, 2.05) is 23.1 Å². The van der Waals surface area contributed by atoms with Crippen LogP contribution in [0.1, 0.15) is 30.9 Å². The van der Waals surface area contributed by atoms with E-state index in [1.54, 1.807) is 22.7 Å². The lowest BCUT2D eigenvalue weighted by Crippen LogP contribution is -2.48. The molecule has 0 aromatic carbocycles. The van der Waals surface area contributed by atoms with Gasteiger partial charge in [0.15, 0.2) is 5.41 Å². The minimum atomic E-state index is -1.19. The molecule has 1 atom stereocenters. The fraction of sp³-hybridized carbons (Fsp3) is 0.385. The highest BCUT2D eigenvalue weighted by Gasteiger charge is 2.48. The number of rotatable bonds is 5. The van der Waals surface area contributed by atoms with Gasteiger partial charge in [-0.2, -0.15) is 20.7 Å². The fourth-order valence-electron chi connectivity index (χ4n) is 5.24. The Labute approximate surface area is 213 Å². The molecule has 3 aromatic heterocycles. The second-order valence-corrected chi connectivity index (χ2v) is 9.40. The van der Waals surface area contributed by atoms with Gasteiger partial charge >= 0.3 is 0 Å². The third-order valence-corrected chi connectivity index (χ3v) is 7.36. The number of nitrogens with zero attached hydrogens (tertiary/aromatic N) is 8. The lowest BCUT2D eigenvalue weighted by atomic mass is 9.86. The number of carbonyl (C=O) groups excluding carboxylic acids is 2. The molecule has 0 aliphatic carbocycles. The maximum atomic E-state index is 13.3. The van der Waals surface area contributed by atoms with Crippen LogP contribution in [0.15, 0.2) is 43.5 Å². The first-order valence-corrected chi connectivity index (χ1v) is 12.0. The highest BCUT2D eigenvalue weighted by molar-refractivity contribution is 5.91. The van der Waals surface area contributed by atoms with E-state index in [1.165, 1.54) is 17.2 Å². The molecular formula is C26H26N8O3. The van der Waals surface area contributed by atoms with E-state index in [0.29, 0.717) is 55.7 Å². The standard InChI is InChI=1S/C26H26N8O3/c1-3-23(35)32-9-6-26(16-28,17-32)25(36)31-7-4-21(5-8-31)33-15-20(13-29-33)18-10-22(37-2)24-19(11-27)12-30-34(24)14-18/h3,10,12-15,21H,1,4-9,17H2,2H3. The molecule has 0 saturated carbocycles. The Hall–Kier alpha value is -4.64. The number of amides is 2. The molecule has 5 heterocycles. The predicted octanol–water partition coefficient (Wildman–Crippen LogP) is 2.17. The van der Waals surface area contributed by atoms with E-state index in [9.17, 15) is 20.1 Å². The van der Waals surface area contributed by atoms with E-state index in [-0.39, 0.29) is 24.4 Å². The number of aromatic nitrogens is 4. The van der Waals surface area contributed by atoms with E-state index >= 15 is 0 Å². The molecule has 2 saturated heterocycles. The van der Waals surface area contributed by atoms with Crippen molar-refractivity contribution in [2.45, 2.75) is 25.3 Å². The summed E-state index contributed by atoms with van der Waals surface area (Å²) in [7, 11) is 1.56. The summed E-state index contributed by atoms with van der Waals surface area (Å²) < 4.78 is 9.05. The molecule has 0 radical (unpaired) electrons. The van der Waals surface area contributed by atoms with Crippen LogP contribution in [0.2, 0.25) is 0 Å². The Morgan fingerprint density at radius 3 is 2.59 bits per heavy atom. The van der Waals surface area contributed by atoms with Crippen molar-refractivity contribution >= 4 is 17.3 Å². The second kappa shape index (κ2) is 9.43. The number of fused-ring (bicyclic) bond motifs is 1. The lowest BCUT2D eigenvalue weighted by Gasteiger charge is -2.35. The molecule has 11 nitrogen and oxygen atoms in total. The summed E-state index contributed by atoms with van der Waals surface area (Å²) >= 11 is 0. The van der Waals surface area contributed by atoms with Gasteiger partial charge in [0.1, 0.15) is 22.9 Å². The van der Waals surface area contributed by atoms with Crippen molar-refractivity contribution in [3.63, 3.8) is 0 Å². The maximum absolute atomic E-state index is 13.3. The third-order valence-electron chi connectivity index (χ3n) is 7.36. The number of hydrogen-bond acceptors (Lipinski definition) is 7. The topological polar surface area (TPSA) is 133 Å². The number of hydrogen-bond donors (Lipinski definition) is 0. The van der Waals surface area contributed by atoms with Gasteiger partial charge in [-0.05, 0) is 31.4 Å². The molecule has 2 aliphatic heterocycles. The first kappa shape index (κ1) is 24.1. The van der Waals surface area contributed by atoms with E-state index in [4.69, 9.17) is 4.74 Å². The summed E-state index contributed by atoms with van der Waals surface area (Å²) in [5.41, 5.74) is 1.60. The van der Waals surface area contributed by atoms with Crippen LogP contribution in [0.5, 0.6) is 5.75 Å². The predicted molar refractivity (Wildman–Crippen MR) is 132 cm³/mol. The molecule has 37 heavy (non-hydrogen) atoms. The number of likely N-dealkylation sites (tertiary alicyclic amines) is 2. The molecule has 0 N–H and O–H groups in total. The van der Waals surface area contributed by atoms with Crippen LogP contribution in [-0.2, 0) is 9.59 Å². The third kappa shape index (κ3) is 4.08. The minimum absolute atomic E-state index is 0.107. The zero-order valence-electron chi connectivity index (χ0n) is 20.5. The number of piperidine rings is 1. The zero-order valence-corrected chi connectivity index (χ0v) is 20.5. The smallest absolute Gasteiger partial charge is 0.246 e. The van der Waals surface area contributed by atoms with Crippen molar-refractivity contribution in [2.24, 2.45) is 5.41 Å². The van der Waals surface area contributed by atoms with Crippen LogP contribution >= 0.6 is 0 Å². The van der Waals surface area contributed by atoms with Crippen LogP contribution in [0, 0.1) is 28.1 Å². The maximum Gasteiger partial charge on any atom is 0.246 e. The Bertz CT molecular complexity index is 1470. The largest absolute Gasteiger partial charge is 0.494 e. The quantitative estimate of drug-likeness (QED) is 0.492. The van der Waals surface area contributed by atoms with Gasteiger partial charge in [0.2, 0.25) is 11.8 Å². The molecule has 2 fully saturated rings. The molecule has 11 heteroatoms. The second-order valence-electron chi connectivity index (χ2n) is 9.40. The van der Waals surface area contributed by atoms with Crippen molar-refractivity contribution in [1.82, 2.24) is 29.2 Å². The van der Waals surface area contributed by atoms with Gasteiger partial charge in [0.25, 0.3) is 0 Å². The molecule has 3 aromatic rings. The molecule has 2 aliphatic rings. The molecular weight excluding hydrogens is 472 g/mol. The molecule has 2 amide bonds. The van der Waals surface area contributed by atoms with Gasteiger partial charge in [-0.3, -0.25) is 14.3 Å². The molecule has 5 rings (SSSR count). The van der Waals surface area contributed by atoms with Crippen molar-refractivity contribution in [1.29, 1.82) is 10.5 Å². The molecule has 0 bridgehead atoms.